The van der Waals surface area contributed by atoms with Gasteiger partial charge >= 0.3 is 11.9 Å². The Morgan fingerprint density at radius 2 is 1.52 bits per heavy atom. The molecule has 1 fully saturated rings. The normalized spacial score (nSPS) is 15.2. The number of likely N-dealkylation sites (tertiary alicyclic amines) is 1. The van der Waals surface area contributed by atoms with Gasteiger partial charge in [0, 0.05) is 32.5 Å². The average molecular weight is 458 g/mol. The van der Waals surface area contributed by atoms with E-state index in [1.807, 2.05) is 60.7 Å². The van der Waals surface area contributed by atoms with Gasteiger partial charge in [0.2, 0.25) is 11.7 Å². The van der Waals surface area contributed by atoms with Crippen molar-refractivity contribution in [2.24, 2.45) is 7.05 Å². The fourth-order valence-corrected chi connectivity index (χ4v) is 4.40. The minimum absolute atomic E-state index is 0.0181. The summed E-state index contributed by atoms with van der Waals surface area (Å²) in [6, 6.07) is 19.2. The molecular weight excluding hydrogens is 433 g/mol. The highest BCUT2D eigenvalue weighted by molar-refractivity contribution is 5.78. The summed E-state index contributed by atoms with van der Waals surface area (Å²) in [6.07, 6.45) is -3.65. The van der Waals surface area contributed by atoms with Crippen molar-refractivity contribution in [2.75, 3.05) is 13.1 Å². The van der Waals surface area contributed by atoms with Gasteiger partial charge < -0.3 is 4.90 Å². The predicted octanol–water partition coefficient (Wildman–Crippen LogP) is 3.99. The molecule has 1 amide bonds. The van der Waals surface area contributed by atoms with Crippen LogP contribution in [0.25, 0.3) is 0 Å². The maximum atomic E-state index is 13.1. The Hall–Kier alpha value is -3.36. The zero-order valence-electron chi connectivity index (χ0n) is 18.2. The number of halogens is 3. The predicted molar refractivity (Wildman–Crippen MR) is 117 cm³/mol. The van der Waals surface area contributed by atoms with Crippen molar-refractivity contribution < 1.29 is 18.0 Å². The molecule has 9 heteroatoms. The lowest BCUT2D eigenvalue weighted by Gasteiger charge is -2.32. The fourth-order valence-electron chi connectivity index (χ4n) is 4.40. The van der Waals surface area contributed by atoms with Crippen LogP contribution in [0.2, 0.25) is 0 Å². The number of amides is 1. The van der Waals surface area contributed by atoms with Gasteiger partial charge in [0.05, 0.1) is 6.04 Å². The van der Waals surface area contributed by atoms with Crippen LogP contribution in [-0.2, 0) is 18.0 Å². The quantitative estimate of drug-likeness (QED) is 0.581. The van der Waals surface area contributed by atoms with Gasteiger partial charge in [0.1, 0.15) is 0 Å². The van der Waals surface area contributed by atoms with E-state index in [4.69, 9.17) is 0 Å². The van der Waals surface area contributed by atoms with Crippen LogP contribution in [0.1, 0.15) is 48.2 Å². The van der Waals surface area contributed by atoms with Crippen LogP contribution in [0, 0.1) is 0 Å². The smallest absolute Gasteiger partial charge is 0.343 e. The largest absolute Gasteiger partial charge is 0.451 e. The Bertz CT molecular complexity index is 1110. The number of piperidine rings is 1. The van der Waals surface area contributed by atoms with Gasteiger partial charge in [-0.3, -0.25) is 9.36 Å². The lowest BCUT2D eigenvalue weighted by molar-refractivity contribution is -0.147. The third-order valence-corrected chi connectivity index (χ3v) is 6.20. The van der Waals surface area contributed by atoms with Gasteiger partial charge in [-0.1, -0.05) is 60.7 Å². The maximum Gasteiger partial charge on any atom is 0.451 e. The molecule has 0 atom stereocenters. The van der Waals surface area contributed by atoms with Gasteiger partial charge in [-0.25, -0.2) is 9.48 Å². The molecule has 1 aromatic heterocycles. The number of rotatable bonds is 5. The van der Waals surface area contributed by atoms with Crippen LogP contribution >= 0.6 is 0 Å². The number of carbonyl (C=O) groups is 1. The number of hydrogen-bond donors (Lipinski definition) is 0. The fraction of sp³-hybridized carbons (Fsp3) is 0.375. The molecule has 0 N–H and O–H groups in total. The van der Waals surface area contributed by atoms with E-state index < -0.39 is 23.7 Å². The third kappa shape index (κ3) is 4.86. The van der Waals surface area contributed by atoms with E-state index in [9.17, 15) is 22.8 Å². The van der Waals surface area contributed by atoms with Crippen LogP contribution in [0.4, 0.5) is 13.2 Å². The van der Waals surface area contributed by atoms with Crippen molar-refractivity contribution in [3.8, 4) is 0 Å². The molecule has 2 aromatic carbocycles. The molecule has 0 bridgehead atoms. The SMILES string of the molecule is Cn1c(C(F)(F)F)nn(C2CCN(C(=O)CC(c3ccccc3)c3ccccc3)CC2)c1=O. The first-order valence-corrected chi connectivity index (χ1v) is 10.9. The van der Waals surface area contributed by atoms with Crippen molar-refractivity contribution >= 4 is 5.91 Å². The topological polar surface area (TPSA) is 60.1 Å². The molecule has 6 nitrogen and oxygen atoms in total. The van der Waals surface area contributed by atoms with Crippen molar-refractivity contribution in [2.45, 2.75) is 37.4 Å². The van der Waals surface area contributed by atoms with Crippen LogP contribution < -0.4 is 5.69 Å². The van der Waals surface area contributed by atoms with E-state index in [1.165, 1.54) is 0 Å². The van der Waals surface area contributed by atoms with Crippen LogP contribution in [0.3, 0.4) is 0 Å². The number of hydrogen-bond acceptors (Lipinski definition) is 3. The highest BCUT2D eigenvalue weighted by Gasteiger charge is 2.39. The zero-order chi connectivity index (χ0) is 23.6. The molecule has 33 heavy (non-hydrogen) atoms. The molecule has 0 radical (unpaired) electrons. The molecule has 4 rings (SSSR count). The Balaban J connectivity index is 1.46. The number of benzene rings is 2. The molecule has 1 saturated heterocycles. The summed E-state index contributed by atoms with van der Waals surface area (Å²) in [5, 5.41) is 3.54. The molecule has 3 aromatic rings. The summed E-state index contributed by atoms with van der Waals surface area (Å²) in [7, 11) is 1.07. The molecule has 174 valence electrons. The van der Waals surface area contributed by atoms with E-state index in [2.05, 4.69) is 5.10 Å². The third-order valence-electron chi connectivity index (χ3n) is 6.20. The number of carbonyl (C=O) groups excluding carboxylic acids is 1. The second-order valence-electron chi connectivity index (χ2n) is 8.30. The summed E-state index contributed by atoms with van der Waals surface area (Å²) in [5.41, 5.74) is 1.30. The van der Waals surface area contributed by atoms with E-state index in [0.29, 0.717) is 36.9 Å². The Kier molecular flexibility index (Phi) is 6.40. The number of nitrogens with zero attached hydrogens (tertiary/aromatic N) is 4. The average Bonchev–Trinajstić information content (AvgIpc) is 3.13. The molecule has 2 heterocycles. The van der Waals surface area contributed by atoms with Crippen LogP contribution in [-0.4, -0.2) is 38.2 Å². The monoisotopic (exact) mass is 458 g/mol. The van der Waals surface area contributed by atoms with Crippen LogP contribution in [0.15, 0.2) is 65.5 Å². The first-order valence-electron chi connectivity index (χ1n) is 10.9. The van der Waals surface area contributed by atoms with E-state index in [1.54, 1.807) is 4.90 Å². The first kappa shape index (κ1) is 22.8. The van der Waals surface area contributed by atoms with Gasteiger partial charge in [0.25, 0.3) is 0 Å². The zero-order valence-corrected chi connectivity index (χ0v) is 18.2. The second-order valence-corrected chi connectivity index (χ2v) is 8.30. The molecule has 0 aliphatic carbocycles. The lowest BCUT2D eigenvalue weighted by Crippen LogP contribution is -2.41. The van der Waals surface area contributed by atoms with Gasteiger partial charge in [-0.2, -0.15) is 13.2 Å². The highest BCUT2D eigenvalue weighted by Crippen LogP contribution is 2.31. The molecule has 0 saturated carbocycles. The number of aromatic nitrogens is 3. The second kappa shape index (κ2) is 9.25. The molecular formula is C24H25F3N4O2. The Morgan fingerprint density at radius 3 is 1.97 bits per heavy atom. The number of alkyl halides is 3. The summed E-state index contributed by atoms with van der Waals surface area (Å²) in [4.78, 5) is 27.2. The van der Waals surface area contributed by atoms with E-state index in [0.717, 1.165) is 22.9 Å². The minimum Gasteiger partial charge on any atom is -0.343 e. The van der Waals surface area contributed by atoms with E-state index in [-0.39, 0.29) is 11.8 Å². The van der Waals surface area contributed by atoms with Crippen LogP contribution in [0.5, 0.6) is 0 Å². The summed E-state index contributed by atoms with van der Waals surface area (Å²) in [5.74, 6) is -1.32. The highest BCUT2D eigenvalue weighted by atomic mass is 19.4. The van der Waals surface area contributed by atoms with Crippen molar-refractivity contribution in [3.05, 3.63) is 88.1 Å². The molecule has 1 aliphatic rings. The van der Waals surface area contributed by atoms with Gasteiger partial charge in [-0.05, 0) is 24.0 Å². The van der Waals surface area contributed by atoms with Crippen molar-refractivity contribution in [1.29, 1.82) is 0 Å². The van der Waals surface area contributed by atoms with Gasteiger partial charge in [-0.15, -0.1) is 5.10 Å². The lowest BCUT2D eigenvalue weighted by atomic mass is 9.88. The molecule has 0 spiro atoms. The van der Waals surface area contributed by atoms with Gasteiger partial charge in [0.15, 0.2) is 0 Å². The molecule has 0 unspecified atom stereocenters. The van der Waals surface area contributed by atoms with Crippen molar-refractivity contribution in [1.82, 2.24) is 19.2 Å². The standard InChI is InChI=1S/C24H25F3N4O2/c1-29-22(24(25,26)27)28-31(23(29)33)19-12-14-30(15-13-19)21(32)16-20(17-8-4-2-5-9-17)18-10-6-3-7-11-18/h2-11,19-20H,12-16H2,1H3. The summed E-state index contributed by atoms with van der Waals surface area (Å²) < 4.78 is 40.7. The Morgan fingerprint density at radius 1 is 1.00 bits per heavy atom. The Labute approximate surface area is 189 Å². The maximum absolute atomic E-state index is 13.1. The summed E-state index contributed by atoms with van der Waals surface area (Å²) in [6.45, 7) is 0.730. The van der Waals surface area contributed by atoms with Crippen molar-refractivity contribution in [3.63, 3.8) is 0 Å². The molecule has 1 aliphatic heterocycles. The minimum atomic E-state index is -4.69. The summed E-state index contributed by atoms with van der Waals surface area (Å²) >= 11 is 0. The van der Waals surface area contributed by atoms with E-state index >= 15 is 0 Å². The first-order chi connectivity index (χ1) is 15.8.